The summed E-state index contributed by atoms with van der Waals surface area (Å²) in [5.41, 5.74) is 16.0. The second-order valence-electron chi connectivity index (χ2n) is 8.12. The molecule has 4 heterocycles. The third-order valence-electron chi connectivity index (χ3n) is 5.77. The van der Waals surface area contributed by atoms with Crippen LogP contribution in [0.4, 0.5) is 17.5 Å². The maximum absolute atomic E-state index is 13.2. The maximum Gasteiger partial charge on any atom is 0.232 e. The SMILES string of the molecule is CN(C)c1cc(-c2cc(-c3cnc(N)nc3)nc3sc([S+]([O-])C4CCC4)c(N)c23)n(C)n1. The van der Waals surface area contributed by atoms with E-state index in [1.165, 1.54) is 11.3 Å². The molecule has 1 aliphatic carbocycles. The average Bonchev–Trinajstić information content (AvgIpc) is 3.27. The Morgan fingerprint density at radius 2 is 1.91 bits per heavy atom. The summed E-state index contributed by atoms with van der Waals surface area (Å²) in [4.78, 5) is 15.7. The molecule has 0 amide bonds. The minimum atomic E-state index is -1.13. The summed E-state index contributed by atoms with van der Waals surface area (Å²) < 4.78 is 15.7. The van der Waals surface area contributed by atoms with E-state index in [4.69, 9.17) is 16.5 Å². The first-order chi connectivity index (χ1) is 15.3. The van der Waals surface area contributed by atoms with Gasteiger partial charge in [0.1, 0.15) is 15.8 Å². The van der Waals surface area contributed by atoms with Crippen LogP contribution in [0.25, 0.3) is 32.7 Å². The van der Waals surface area contributed by atoms with E-state index in [0.717, 1.165) is 52.1 Å². The first kappa shape index (κ1) is 21.0. The predicted octanol–water partition coefficient (Wildman–Crippen LogP) is 3.04. The van der Waals surface area contributed by atoms with E-state index < -0.39 is 11.2 Å². The number of anilines is 3. The molecule has 0 aromatic carbocycles. The van der Waals surface area contributed by atoms with Crippen molar-refractivity contribution in [2.45, 2.75) is 28.7 Å². The highest BCUT2D eigenvalue weighted by molar-refractivity contribution is 7.94. The lowest BCUT2D eigenvalue weighted by Gasteiger charge is -2.27. The lowest BCUT2D eigenvalue weighted by molar-refractivity contribution is 0.478. The summed E-state index contributed by atoms with van der Waals surface area (Å²) in [6.07, 6.45) is 6.37. The highest BCUT2D eigenvalue weighted by atomic mass is 32.2. The standard InChI is InChI=1S/C21H24N8OS2/c1-28(2)16-8-15(29(3)27-16)13-7-14(11-9-24-21(23)25-10-11)26-19-17(13)18(22)20(31-19)32(30)12-5-4-6-12/h7-10,12H,4-6,22H2,1-3H3,(H2,23,24,25). The average molecular weight is 469 g/mol. The monoisotopic (exact) mass is 468 g/mol. The van der Waals surface area contributed by atoms with Crippen LogP contribution in [0, 0.1) is 0 Å². The molecule has 1 unspecified atom stereocenters. The minimum Gasteiger partial charge on any atom is -0.611 e. The fraction of sp³-hybridized carbons (Fsp3) is 0.333. The van der Waals surface area contributed by atoms with Gasteiger partial charge >= 0.3 is 0 Å². The molecule has 1 saturated carbocycles. The quantitative estimate of drug-likeness (QED) is 0.427. The fourth-order valence-corrected chi connectivity index (χ4v) is 6.94. The van der Waals surface area contributed by atoms with Crippen molar-refractivity contribution in [3.63, 3.8) is 0 Å². The van der Waals surface area contributed by atoms with Gasteiger partial charge in [0.25, 0.3) is 0 Å². The van der Waals surface area contributed by atoms with E-state index in [1.54, 1.807) is 12.4 Å². The molecule has 4 aromatic rings. The van der Waals surface area contributed by atoms with Gasteiger partial charge in [-0.3, -0.25) is 4.68 Å². The van der Waals surface area contributed by atoms with Gasteiger partial charge in [-0.15, -0.1) is 0 Å². The second-order valence-corrected chi connectivity index (χ2v) is 11.1. The van der Waals surface area contributed by atoms with Gasteiger partial charge in [0, 0.05) is 67.3 Å². The van der Waals surface area contributed by atoms with E-state index >= 15 is 0 Å². The van der Waals surface area contributed by atoms with Gasteiger partial charge in [0.2, 0.25) is 10.2 Å². The van der Waals surface area contributed by atoms with Crippen molar-refractivity contribution in [2.75, 3.05) is 30.5 Å². The van der Waals surface area contributed by atoms with Gasteiger partial charge in [-0.1, -0.05) is 11.3 Å². The smallest absolute Gasteiger partial charge is 0.232 e. The number of pyridine rings is 1. The molecule has 11 heteroatoms. The molecule has 9 nitrogen and oxygen atoms in total. The molecule has 32 heavy (non-hydrogen) atoms. The summed E-state index contributed by atoms with van der Waals surface area (Å²) in [6.45, 7) is 0. The Hall–Kier alpha value is -2.89. The molecule has 0 radical (unpaired) electrons. The third kappa shape index (κ3) is 3.46. The normalized spacial score (nSPS) is 15.1. The highest BCUT2D eigenvalue weighted by Gasteiger charge is 2.35. The van der Waals surface area contributed by atoms with Crippen molar-refractivity contribution in [2.24, 2.45) is 7.05 Å². The van der Waals surface area contributed by atoms with Crippen molar-refractivity contribution < 1.29 is 4.55 Å². The van der Waals surface area contributed by atoms with Gasteiger partial charge in [0.15, 0.2) is 5.82 Å². The van der Waals surface area contributed by atoms with E-state index in [9.17, 15) is 4.55 Å². The zero-order chi connectivity index (χ0) is 22.6. The number of thiophene rings is 1. The summed E-state index contributed by atoms with van der Waals surface area (Å²) in [5.74, 6) is 1.03. The Labute approximate surface area is 192 Å². The largest absolute Gasteiger partial charge is 0.611 e. The highest BCUT2D eigenvalue weighted by Crippen LogP contribution is 2.46. The predicted molar refractivity (Wildman–Crippen MR) is 130 cm³/mol. The number of aromatic nitrogens is 5. The molecule has 1 atom stereocenters. The lowest BCUT2D eigenvalue weighted by Crippen LogP contribution is -2.28. The van der Waals surface area contributed by atoms with E-state index in [-0.39, 0.29) is 11.2 Å². The van der Waals surface area contributed by atoms with Gasteiger partial charge in [-0.25, -0.2) is 15.0 Å². The summed E-state index contributed by atoms with van der Waals surface area (Å²) in [5, 5.41) is 5.60. The van der Waals surface area contributed by atoms with Crippen molar-refractivity contribution >= 4 is 50.2 Å². The zero-order valence-corrected chi connectivity index (χ0v) is 19.7. The molecule has 5 rings (SSSR count). The Bertz CT molecular complexity index is 1290. The van der Waals surface area contributed by atoms with E-state index in [1.807, 2.05) is 42.9 Å². The number of hydrogen-bond acceptors (Lipinski definition) is 9. The molecular weight excluding hydrogens is 444 g/mol. The molecule has 166 valence electrons. The number of nitrogens with two attached hydrogens (primary N) is 2. The van der Waals surface area contributed by atoms with Gasteiger partial charge in [0.05, 0.1) is 11.4 Å². The van der Waals surface area contributed by atoms with Crippen molar-refractivity contribution in [1.29, 1.82) is 0 Å². The van der Waals surface area contributed by atoms with Gasteiger partial charge < -0.3 is 20.9 Å². The van der Waals surface area contributed by atoms with Crippen LogP contribution in [0.15, 0.2) is 28.7 Å². The number of hydrogen-bond donors (Lipinski definition) is 2. The van der Waals surface area contributed by atoms with Crippen molar-refractivity contribution in [3.05, 3.63) is 24.5 Å². The number of nitrogen functional groups attached to an aromatic ring is 2. The van der Waals surface area contributed by atoms with Crippen LogP contribution in [0.3, 0.4) is 0 Å². The molecule has 0 bridgehead atoms. The van der Waals surface area contributed by atoms with Crippen LogP contribution in [0.1, 0.15) is 19.3 Å². The fourth-order valence-electron chi connectivity index (χ4n) is 3.73. The summed E-state index contributed by atoms with van der Waals surface area (Å²) in [7, 11) is 5.80. The van der Waals surface area contributed by atoms with Crippen LogP contribution >= 0.6 is 11.3 Å². The number of nitrogens with zero attached hydrogens (tertiary/aromatic N) is 6. The molecule has 1 fully saturated rings. The maximum atomic E-state index is 13.2. The van der Waals surface area contributed by atoms with Crippen LogP contribution in [0.2, 0.25) is 0 Å². The van der Waals surface area contributed by atoms with Crippen LogP contribution < -0.4 is 16.4 Å². The first-order valence-electron chi connectivity index (χ1n) is 10.3. The van der Waals surface area contributed by atoms with Crippen molar-refractivity contribution in [3.8, 4) is 22.5 Å². The lowest BCUT2D eigenvalue weighted by atomic mass is 10.00. The topological polar surface area (TPSA) is 135 Å². The Morgan fingerprint density at radius 3 is 2.50 bits per heavy atom. The Morgan fingerprint density at radius 1 is 1.19 bits per heavy atom. The first-order valence-corrected chi connectivity index (χ1v) is 12.3. The van der Waals surface area contributed by atoms with Crippen LogP contribution in [0.5, 0.6) is 0 Å². The minimum absolute atomic E-state index is 0.177. The zero-order valence-electron chi connectivity index (χ0n) is 18.1. The van der Waals surface area contributed by atoms with Crippen molar-refractivity contribution in [1.82, 2.24) is 24.7 Å². The van der Waals surface area contributed by atoms with E-state index in [2.05, 4.69) is 15.1 Å². The summed E-state index contributed by atoms with van der Waals surface area (Å²) in [6, 6.07) is 3.98. The molecule has 0 saturated heterocycles. The Kier molecular flexibility index (Phi) is 5.19. The molecule has 1 aliphatic rings. The molecule has 0 aliphatic heterocycles. The third-order valence-corrected chi connectivity index (χ3v) is 9.07. The van der Waals surface area contributed by atoms with Gasteiger partial charge in [-0.2, -0.15) is 5.10 Å². The van der Waals surface area contributed by atoms with E-state index in [0.29, 0.717) is 15.6 Å². The molecule has 4 aromatic heterocycles. The number of aryl methyl sites for hydroxylation is 1. The van der Waals surface area contributed by atoms with Crippen LogP contribution in [-0.2, 0) is 18.2 Å². The number of fused-ring (bicyclic) bond motifs is 1. The molecule has 4 N–H and O–H groups in total. The van der Waals surface area contributed by atoms with Gasteiger partial charge in [-0.05, 0) is 25.3 Å². The molecular formula is C21H24N8OS2. The molecule has 0 spiro atoms. The summed E-state index contributed by atoms with van der Waals surface area (Å²) >= 11 is 0.277. The number of rotatable bonds is 5. The van der Waals surface area contributed by atoms with Crippen LogP contribution in [-0.4, -0.2) is 48.6 Å². The second kappa shape index (κ2) is 7.91. The Balaban J connectivity index is 1.75.